The molecule has 148 valence electrons. The molecule has 0 saturated heterocycles. The third kappa shape index (κ3) is 4.62. The number of aromatic nitrogens is 2. The van der Waals surface area contributed by atoms with Crippen molar-refractivity contribution in [3.05, 3.63) is 51.4 Å². The molecule has 3 rings (SSSR count). The number of rotatable bonds is 7. The topological polar surface area (TPSA) is 64.0 Å². The fourth-order valence-corrected chi connectivity index (χ4v) is 4.35. The highest BCUT2D eigenvalue weighted by Crippen LogP contribution is 2.25. The molecule has 0 bridgehead atoms. The van der Waals surface area contributed by atoms with Crippen LogP contribution < -0.4 is 10.9 Å². The summed E-state index contributed by atoms with van der Waals surface area (Å²) in [5.41, 5.74) is 1.59. The lowest BCUT2D eigenvalue weighted by atomic mass is 10.1. The highest BCUT2D eigenvalue weighted by molar-refractivity contribution is 7.99. The fourth-order valence-electron chi connectivity index (χ4n) is 2.75. The molecule has 0 spiro atoms. The fraction of sp³-hybridized carbons (Fsp3) is 0.350. The Labute approximate surface area is 171 Å². The second kappa shape index (κ2) is 8.87. The quantitative estimate of drug-likeness (QED) is 0.462. The average molecular weight is 420 g/mol. The minimum absolute atomic E-state index is 0.104. The first-order valence-corrected chi connectivity index (χ1v) is 10.9. The summed E-state index contributed by atoms with van der Waals surface area (Å²) in [7, 11) is 0. The molecule has 0 atom stereocenters. The Balaban J connectivity index is 1.93. The number of carbonyl (C=O) groups excluding carboxylic acids is 1. The number of thiophene rings is 1. The maximum atomic E-state index is 13.5. The summed E-state index contributed by atoms with van der Waals surface area (Å²) in [5, 5.41) is 5.12. The van der Waals surface area contributed by atoms with Gasteiger partial charge in [0, 0.05) is 6.54 Å². The zero-order valence-electron chi connectivity index (χ0n) is 16.0. The molecule has 1 amide bonds. The molecule has 0 fully saturated rings. The van der Waals surface area contributed by atoms with Crippen LogP contribution in [0.1, 0.15) is 25.8 Å². The number of hydrogen-bond acceptors (Lipinski definition) is 5. The van der Waals surface area contributed by atoms with Crippen LogP contribution in [0, 0.1) is 18.7 Å². The highest BCUT2D eigenvalue weighted by Gasteiger charge is 2.17. The van der Waals surface area contributed by atoms with Crippen molar-refractivity contribution < 1.29 is 9.18 Å². The van der Waals surface area contributed by atoms with Gasteiger partial charge >= 0.3 is 0 Å². The Hall–Kier alpha value is -2.19. The molecular formula is C20H22FN3O2S2. The number of halogens is 1. The van der Waals surface area contributed by atoms with Gasteiger partial charge in [-0.1, -0.05) is 25.6 Å². The second-order valence-corrected chi connectivity index (χ2v) is 8.78. The third-order valence-corrected chi connectivity index (χ3v) is 6.06. The molecule has 8 heteroatoms. The van der Waals surface area contributed by atoms with Gasteiger partial charge in [-0.15, -0.1) is 11.3 Å². The lowest BCUT2D eigenvalue weighted by Gasteiger charge is -2.14. The molecule has 28 heavy (non-hydrogen) atoms. The van der Waals surface area contributed by atoms with Crippen LogP contribution in [0.5, 0.6) is 0 Å². The van der Waals surface area contributed by atoms with Crippen molar-refractivity contribution in [3.63, 3.8) is 0 Å². The number of nitrogens with zero attached hydrogens (tertiary/aromatic N) is 2. The molecule has 5 nitrogen and oxygen atoms in total. The molecule has 0 radical (unpaired) electrons. The number of benzene rings is 1. The van der Waals surface area contributed by atoms with Crippen LogP contribution in [0.2, 0.25) is 0 Å². The number of aryl methyl sites for hydroxylation is 1. The first-order chi connectivity index (χ1) is 13.4. The van der Waals surface area contributed by atoms with Gasteiger partial charge in [0.25, 0.3) is 5.56 Å². The minimum Gasteiger partial charge on any atom is -0.355 e. The average Bonchev–Trinajstić information content (AvgIpc) is 3.09. The van der Waals surface area contributed by atoms with Crippen molar-refractivity contribution in [2.24, 2.45) is 5.92 Å². The van der Waals surface area contributed by atoms with Crippen LogP contribution in [0.3, 0.4) is 0 Å². The summed E-state index contributed by atoms with van der Waals surface area (Å²) in [5.74, 6) is 0.202. The lowest BCUT2D eigenvalue weighted by molar-refractivity contribution is -0.118. The second-order valence-electron chi connectivity index (χ2n) is 6.92. The van der Waals surface area contributed by atoms with Crippen LogP contribution in [0.4, 0.5) is 4.39 Å². The summed E-state index contributed by atoms with van der Waals surface area (Å²) >= 11 is 2.53. The summed E-state index contributed by atoms with van der Waals surface area (Å²) in [6.07, 6.45) is 0.912. The molecule has 0 aliphatic carbocycles. The molecular weight excluding hydrogens is 397 g/mol. The van der Waals surface area contributed by atoms with Crippen molar-refractivity contribution in [2.75, 3.05) is 12.3 Å². The van der Waals surface area contributed by atoms with Crippen LogP contribution >= 0.6 is 23.1 Å². The van der Waals surface area contributed by atoms with E-state index in [-0.39, 0.29) is 23.0 Å². The molecule has 2 aromatic heterocycles. The molecule has 2 heterocycles. The number of hydrogen-bond donors (Lipinski definition) is 1. The Morgan fingerprint density at radius 2 is 2.14 bits per heavy atom. The van der Waals surface area contributed by atoms with E-state index in [0.29, 0.717) is 39.1 Å². The van der Waals surface area contributed by atoms with E-state index in [0.717, 1.165) is 6.42 Å². The number of carbonyl (C=O) groups is 1. The summed E-state index contributed by atoms with van der Waals surface area (Å²) in [4.78, 5) is 29.8. The van der Waals surface area contributed by atoms with E-state index in [2.05, 4.69) is 24.1 Å². The van der Waals surface area contributed by atoms with E-state index in [1.807, 2.05) is 5.38 Å². The zero-order chi connectivity index (χ0) is 20.3. The summed E-state index contributed by atoms with van der Waals surface area (Å²) in [6.45, 7) is 6.57. The van der Waals surface area contributed by atoms with Gasteiger partial charge in [-0.05, 0) is 54.5 Å². The third-order valence-electron chi connectivity index (χ3n) is 4.23. The van der Waals surface area contributed by atoms with E-state index >= 15 is 0 Å². The van der Waals surface area contributed by atoms with Gasteiger partial charge in [-0.2, -0.15) is 0 Å². The lowest BCUT2D eigenvalue weighted by Crippen LogP contribution is -2.28. The van der Waals surface area contributed by atoms with E-state index in [4.69, 9.17) is 0 Å². The molecule has 0 aliphatic rings. The maximum Gasteiger partial charge on any atom is 0.276 e. The summed E-state index contributed by atoms with van der Waals surface area (Å²) in [6, 6.07) is 6.06. The van der Waals surface area contributed by atoms with Gasteiger partial charge in [0.15, 0.2) is 5.16 Å². The molecule has 3 aromatic rings. The van der Waals surface area contributed by atoms with Gasteiger partial charge in [0.1, 0.15) is 10.5 Å². The zero-order valence-corrected chi connectivity index (χ0v) is 17.6. The Bertz CT molecular complexity index is 1060. The van der Waals surface area contributed by atoms with Gasteiger partial charge in [0.2, 0.25) is 5.91 Å². The smallest absolute Gasteiger partial charge is 0.276 e. The predicted molar refractivity (Wildman–Crippen MR) is 113 cm³/mol. The molecule has 0 saturated carbocycles. The Morgan fingerprint density at radius 1 is 1.36 bits per heavy atom. The Kier molecular flexibility index (Phi) is 6.51. The van der Waals surface area contributed by atoms with Gasteiger partial charge in [0.05, 0.1) is 17.0 Å². The molecule has 0 unspecified atom stereocenters. The van der Waals surface area contributed by atoms with Gasteiger partial charge < -0.3 is 5.32 Å². The van der Waals surface area contributed by atoms with E-state index in [1.54, 1.807) is 19.1 Å². The minimum atomic E-state index is -0.363. The van der Waals surface area contributed by atoms with Crippen molar-refractivity contribution >= 4 is 39.2 Å². The largest absolute Gasteiger partial charge is 0.355 e. The van der Waals surface area contributed by atoms with Crippen LogP contribution in [-0.4, -0.2) is 27.8 Å². The summed E-state index contributed by atoms with van der Waals surface area (Å²) < 4.78 is 15.5. The molecule has 1 aromatic carbocycles. The number of thioether (sulfide) groups is 1. The normalized spacial score (nSPS) is 11.3. The van der Waals surface area contributed by atoms with E-state index in [1.165, 1.54) is 39.8 Å². The highest BCUT2D eigenvalue weighted by atomic mass is 32.2. The molecule has 1 N–H and O–H groups in total. The standard InChI is InChI=1S/C20H22FN3O2S2/c1-12(2)6-8-22-17(25)11-28-20-23-15-7-9-27-18(15)19(26)24(20)16-5-4-14(21)10-13(16)3/h4-5,7,9-10,12H,6,8,11H2,1-3H3,(H,22,25). The maximum absolute atomic E-state index is 13.5. The predicted octanol–water partition coefficient (Wildman–Crippen LogP) is 4.15. The van der Waals surface area contributed by atoms with Crippen molar-refractivity contribution in [1.82, 2.24) is 14.9 Å². The number of amides is 1. The van der Waals surface area contributed by atoms with Crippen LogP contribution in [-0.2, 0) is 4.79 Å². The van der Waals surface area contributed by atoms with Crippen molar-refractivity contribution in [1.29, 1.82) is 0 Å². The Morgan fingerprint density at radius 3 is 2.86 bits per heavy atom. The number of nitrogens with one attached hydrogen (secondary N) is 1. The van der Waals surface area contributed by atoms with Crippen molar-refractivity contribution in [2.45, 2.75) is 32.3 Å². The first-order valence-electron chi connectivity index (χ1n) is 9.03. The first kappa shape index (κ1) is 20.5. The number of fused-ring (bicyclic) bond motifs is 1. The monoisotopic (exact) mass is 419 g/mol. The SMILES string of the molecule is Cc1cc(F)ccc1-n1c(SCC(=O)NCCC(C)C)nc2ccsc2c1=O. The van der Waals surface area contributed by atoms with Crippen LogP contribution in [0.25, 0.3) is 15.9 Å². The van der Waals surface area contributed by atoms with Gasteiger partial charge in [-0.3, -0.25) is 14.2 Å². The van der Waals surface area contributed by atoms with E-state index < -0.39 is 0 Å². The van der Waals surface area contributed by atoms with Crippen LogP contribution in [0.15, 0.2) is 39.6 Å². The molecule has 0 aliphatic heterocycles. The van der Waals surface area contributed by atoms with E-state index in [9.17, 15) is 14.0 Å². The van der Waals surface area contributed by atoms with Gasteiger partial charge in [-0.25, -0.2) is 9.37 Å². The van der Waals surface area contributed by atoms with Crippen molar-refractivity contribution in [3.8, 4) is 5.69 Å².